The third-order valence-corrected chi connectivity index (χ3v) is 14.5. The molecule has 10 rings (SSSR count). The highest BCUT2D eigenvalue weighted by Crippen LogP contribution is 2.54. The van der Waals surface area contributed by atoms with Crippen LogP contribution in [0.5, 0.6) is 0 Å². The van der Waals surface area contributed by atoms with Gasteiger partial charge in [0, 0.05) is 27.5 Å². The van der Waals surface area contributed by atoms with Crippen LogP contribution in [-0.2, 0) is 16.2 Å². The average Bonchev–Trinajstić information content (AvgIpc) is 3.32. The number of hydrogen-bond donors (Lipinski definition) is 0. The quantitative estimate of drug-likeness (QED) is 0.140. The van der Waals surface area contributed by atoms with E-state index in [4.69, 9.17) is 0 Å². The number of rotatable bonds is 8. The predicted molar refractivity (Wildman–Crippen MR) is 305 cm³/mol. The fourth-order valence-corrected chi connectivity index (χ4v) is 10.7. The second-order valence-electron chi connectivity index (χ2n) is 23.0. The highest BCUT2D eigenvalue weighted by atomic mass is 15.2. The zero-order valence-corrected chi connectivity index (χ0v) is 43.6. The van der Waals surface area contributed by atoms with Gasteiger partial charge in [-0.2, -0.15) is 0 Å². The SMILES string of the molecule is Cc1ccc(C(C)(C)C)c(N(c2cc(-c3ccccc3)ccc2C)c2cc(N(c3cc(-c4ccccc4)ccc3C)c3cc(C)ccc3C(C)(C)C)c3ccc4cc(C(C)(C)C)cc5ccc2c3c54)c1. The van der Waals surface area contributed by atoms with Crippen molar-refractivity contribution in [2.24, 2.45) is 0 Å². The van der Waals surface area contributed by atoms with Gasteiger partial charge in [-0.3, -0.25) is 0 Å². The van der Waals surface area contributed by atoms with Crippen molar-refractivity contribution in [3.8, 4) is 22.3 Å². The highest BCUT2D eigenvalue weighted by molar-refractivity contribution is 6.29. The van der Waals surface area contributed by atoms with Crippen molar-refractivity contribution in [2.45, 2.75) is 106 Å². The minimum absolute atomic E-state index is 0.0139. The molecule has 0 aromatic heterocycles. The molecule has 0 radical (unpaired) electrons. The molecule has 0 aliphatic rings. The number of nitrogens with zero attached hydrogens (tertiary/aromatic N) is 2. The topological polar surface area (TPSA) is 6.48 Å². The third kappa shape index (κ3) is 8.42. The van der Waals surface area contributed by atoms with E-state index in [1.165, 1.54) is 105 Å². The smallest absolute Gasteiger partial charge is 0.0561 e. The molecule has 0 spiro atoms. The molecule has 0 heterocycles. The van der Waals surface area contributed by atoms with Crippen molar-refractivity contribution >= 4 is 66.4 Å². The van der Waals surface area contributed by atoms with E-state index >= 15 is 0 Å². The molecule has 70 heavy (non-hydrogen) atoms. The fourth-order valence-electron chi connectivity index (χ4n) is 10.7. The second-order valence-corrected chi connectivity index (χ2v) is 23.0. The summed E-state index contributed by atoms with van der Waals surface area (Å²) in [5, 5.41) is 7.56. The van der Waals surface area contributed by atoms with Crippen LogP contribution >= 0.6 is 0 Å². The maximum atomic E-state index is 2.62. The van der Waals surface area contributed by atoms with E-state index in [2.05, 4.69) is 276 Å². The Morgan fingerprint density at radius 1 is 0.300 bits per heavy atom. The molecule has 0 aliphatic carbocycles. The zero-order chi connectivity index (χ0) is 49.4. The fraction of sp³-hybridized carbons (Fsp3) is 0.235. The lowest BCUT2D eigenvalue weighted by Gasteiger charge is -2.37. The minimum Gasteiger partial charge on any atom is -0.309 e. The van der Waals surface area contributed by atoms with Gasteiger partial charge in [0.05, 0.1) is 22.7 Å². The van der Waals surface area contributed by atoms with Gasteiger partial charge >= 0.3 is 0 Å². The Kier molecular flexibility index (Phi) is 11.5. The molecule has 10 aromatic carbocycles. The van der Waals surface area contributed by atoms with Gasteiger partial charge in [0.2, 0.25) is 0 Å². The predicted octanol–water partition coefficient (Wildman–Crippen LogP) is 20.0. The Labute approximate surface area is 417 Å². The van der Waals surface area contributed by atoms with Crippen LogP contribution in [-0.4, -0.2) is 0 Å². The molecule has 0 unspecified atom stereocenters. The van der Waals surface area contributed by atoms with Crippen LogP contribution in [0, 0.1) is 27.7 Å². The van der Waals surface area contributed by atoms with Gasteiger partial charge in [-0.15, -0.1) is 0 Å². The third-order valence-electron chi connectivity index (χ3n) is 14.5. The van der Waals surface area contributed by atoms with E-state index in [1.807, 2.05) is 0 Å². The first-order chi connectivity index (χ1) is 33.3. The number of aryl methyl sites for hydroxylation is 4. The van der Waals surface area contributed by atoms with Crippen LogP contribution in [0.2, 0.25) is 0 Å². The standard InChI is InChI=1S/C68H68N2/c1-43-24-34-56(67(8,9)10)62(36-43)69(58-40-49(28-26-45(58)3)47-20-16-14-17-21-47)60-42-61(55-33-31-52-39-53(66(5,6)7)38-51-30-32-54(60)65(55)64(51)52)70(63-37-44(2)25-35-57(63)68(11,12)13)59-41-50(29-27-46(59)4)48-22-18-15-19-23-48/h14-42H,1-13H3. The van der Waals surface area contributed by atoms with Gasteiger partial charge in [-0.1, -0.05) is 208 Å². The molecule has 0 fully saturated rings. The normalized spacial score (nSPS) is 12.4. The maximum Gasteiger partial charge on any atom is 0.0561 e. The molecule has 0 aliphatic heterocycles. The van der Waals surface area contributed by atoms with Gasteiger partial charge in [-0.05, 0) is 152 Å². The van der Waals surface area contributed by atoms with Crippen LogP contribution in [0.25, 0.3) is 54.6 Å². The van der Waals surface area contributed by atoms with Crippen molar-refractivity contribution in [2.75, 3.05) is 9.80 Å². The van der Waals surface area contributed by atoms with E-state index < -0.39 is 0 Å². The van der Waals surface area contributed by atoms with Gasteiger partial charge in [0.1, 0.15) is 0 Å². The van der Waals surface area contributed by atoms with Crippen molar-refractivity contribution in [1.29, 1.82) is 0 Å². The average molecular weight is 913 g/mol. The molecule has 0 saturated carbocycles. The summed E-state index contributed by atoms with van der Waals surface area (Å²) < 4.78 is 0. The number of anilines is 6. The Balaban J connectivity index is 1.42. The second kappa shape index (κ2) is 17.4. The summed E-state index contributed by atoms with van der Waals surface area (Å²) in [6, 6.07) is 66.9. The van der Waals surface area contributed by atoms with Crippen molar-refractivity contribution in [1.82, 2.24) is 0 Å². The molecule has 350 valence electrons. The number of hydrogen-bond acceptors (Lipinski definition) is 2. The van der Waals surface area contributed by atoms with E-state index in [9.17, 15) is 0 Å². The van der Waals surface area contributed by atoms with Gasteiger partial charge in [-0.25, -0.2) is 0 Å². The van der Waals surface area contributed by atoms with E-state index in [1.54, 1.807) is 0 Å². The van der Waals surface area contributed by atoms with Crippen molar-refractivity contribution in [3.63, 3.8) is 0 Å². The monoisotopic (exact) mass is 913 g/mol. The summed E-state index contributed by atoms with van der Waals surface area (Å²) in [6.45, 7) is 30.1. The lowest BCUT2D eigenvalue weighted by molar-refractivity contribution is 0.590. The first-order valence-electron chi connectivity index (χ1n) is 25.2. The molecule has 2 heteroatoms. The summed E-state index contributed by atoms with van der Waals surface area (Å²) in [4.78, 5) is 5.25. The lowest BCUT2D eigenvalue weighted by atomic mass is 9.82. The first-order valence-corrected chi connectivity index (χ1v) is 25.2. The molecule has 0 saturated heterocycles. The molecule has 0 atom stereocenters. The molecule has 0 amide bonds. The Morgan fingerprint density at radius 2 is 0.714 bits per heavy atom. The van der Waals surface area contributed by atoms with Crippen molar-refractivity contribution in [3.05, 3.63) is 215 Å². The molecule has 2 nitrogen and oxygen atoms in total. The molecular formula is C68H68N2. The Bertz CT molecular complexity index is 3350. The van der Waals surface area contributed by atoms with E-state index in [-0.39, 0.29) is 16.2 Å². The van der Waals surface area contributed by atoms with E-state index in [0.29, 0.717) is 0 Å². The lowest BCUT2D eigenvalue weighted by Crippen LogP contribution is -2.22. The highest BCUT2D eigenvalue weighted by Gasteiger charge is 2.32. The molecule has 0 N–H and O–H groups in total. The maximum absolute atomic E-state index is 2.62. The summed E-state index contributed by atoms with van der Waals surface area (Å²) in [7, 11) is 0. The molecular weight excluding hydrogens is 845 g/mol. The van der Waals surface area contributed by atoms with E-state index in [0.717, 1.165) is 22.7 Å². The van der Waals surface area contributed by atoms with Gasteiger partial charge in [0.25, 0.3) is 0 Å². The zero-order valence-electron chi connectivity index (χ0n) is 43.6. The molecule has 10 aromatic rings. The minimum atomic E-state index is -0.160. The van der Waals surface area contributed by atoms with Crippen LogP contribution in [0.4, 0.5) is 34.1 Å². The first kappa shape index (κ1) is 46.6. The summed E-state index contributed by atoms with van der Waals surface area (Å²) >= 11 is 0. The summed E-state index contributed by atoms with van der Waals surface area (Å²) in [5.74, 6) is 0. The van der Waals surface area contributed by atoms with Crippen LogP contribution in [0.3, 0.4) is 0 Å². The Morgan fingerprint density at radius 3 is 1.10 bits per heavy atom. The molecule has 0 bridgehead atoms. The summed E-state index contributed by atoms with van der Waals surface area (Å²) in [6.07, 6.45) is 0. The van der Waals surface area contributed by atoms with Crippen LogP contribution in [0.15, 0.2) is 176 Å². The largest absolute Gasteiger partial charge is 0.309 e. The van der Waals surface area contributed by atoms with Gasteiger partial charge < -0.3 is 9.80 Å². The Hall–Kier alpha value is -7.16. The summed E-state index contributed by atoms with van der Waals surface area (Å²) in [5.41, 5.74) is 20.2. The van der Waals surface area contributed by atoms with Crippen LogP contribution in [0.1, 0.15) is 101 Å². The number of benzene rings is 10. The van der Waals surface area contributed by atoms with Gasteiger partial charge in [0.15, 0.2) is 0 Å². The van der Waals surface area contributed by atoms with Crippen molar-refractivity contribution < 1.29 is 0 Å². The van der Waals surface area contributed by atoms with Crippen LogP contribution < -0.4 is 9.80 Å².